The maximum absolute atomic E-state index is 6.00. The number of nitrogens with zero attached hydrogens (tertiary/aromatic N) is 2. The van der Waals surface area contributed by atoms with Gasteiger partial charge in [0.15, 0.2) is 0 Å². The predicted molar refractivity (Wildman–Crippen MR) is 83.7 cm³/mol. The van der Waals surface area contributed by atoms with Crippen LogP contribution in [0.4, 0.5) is 5.82 Å². The Hall–Kier alpha value is -1.40. The number of aromatic nitrogens is 3. The lowest BCUT2D eigenvalue weighted by Gasteiger charge is -1.98. The molecule has 0 radical (unpaired) electrons. The molecular weight excluding hydrogens is 324 g/mol. The van der Waals surface area contributed by atoms with Crippen molar-refractivity contribution in [2.24, 2.45) is 0 Å². The van der Waals surface area contributed by atoms with Crippen LogP contribution in [0, 0.1) is 0 Å². The zero-order valence-electron chi connectivity index (χ0n) is 10.2. The molecule has 19 heavy (non-hydrogen) atoms. The summed E-state index contributed by atoms with van der Waals surface area (Å²) in [5.41, 5.74) is 8.97. The number of thiazole rings is 1. The van der Waals surface area contributed by atoms with Gasteiger partial charge < -0.3 is 5.73 Å². The van der Waals surface area contributed by atoms with Crippen LogP contribution in [0.25, 0.3) is 20.8 Å². The Kier molecular flexibility index (Phi) is 3.52. The molecule has 98 valence electrons. The Balaban J connectivity index is 2.07. The maximum Gasteiger partial charge on any atom is 0.130 e. The largest absolute Gasteiger partial charge is 0.383 e. The number of halogens is 1. The molecule has 0 bridgehead atoms. The third kappa shape index (κ3) is 2.37. The Labute approximate surface area is 123 Å². The van der Waals surface area contributed by atoms with E-state index in [4.69, 9.17) is 5.73 Å². The number of rotatable bonds is 4. The number of nitrogens with one attached hydrogen (secondary N) is 1. The molecular formula is C13H13BrN4S. The fourth-order valence-electron chi connectivity index (χ4n) is 2.03. The molecule has 2 aromatic heterocycles. The molecule has 3 rings (SSSR count). The van der Waals surface area contributed by atoms with Crippen LogP contribution in [0.1, 0.15) is 12.1 Å². The van der Waals surface area contributed by atoms with Crippen LogP contribution < -0.4 is 5.73 Å². The lowest BCUT2D eigenvalue weighted by Crippen LogP contribution is -1.91. The number of anilines is 1. The van der Waals surface area contributed by atoms with Gasteiger partial charge in [0.25, 0.3) is 0 Å². The number of hydrogen-bond donors (Lipinski definition) is 2. The second-order valence-electron chi connectivity index (χ2n) is 4.24. The van der Waals surface area contributed by atoms with Crippen LogP contribution in [-0.2, 0) is 6.42 Å². The Morgan fingerprint density at radius 1 is 1.32 bits per heavy atom. The zero-order chi connectivity index (χ0) is 13.2. The van der Waals surface area contributed by atoms with E-state index in [1.807, 2.05) is 18.2 Å². The lowest BCUT2D eigenvalue weighted by molar-refractivity contribution is 0.880. The standard InChI is InChI=1S/C13H13BrN4S/c14-7-3-5-9-11(12(15)18-17-9)13-16-8-4-1-2-6-10(8)19-13/h1-2,4,6H,3,5,7H2,(H3,15,17,18). The highest BCUT2D eigenvalue weighted by Gasteiger charge is 2.16. The normalized spacial score (nSPS) is 11.2. The van der Waals surface area contributed by atoms with Gasteiger partial charge in [-0.25, -0.2) is 4.98 Å². The molecule has 0 aliphatic rings. The number of aromatic amines is 1. The van der Waals surface area contributed by atoms with Crippen molar-refractivity contribution < 1.29 is 0 Å². The quantitative estimate of drug-likeness (QED) is 0.715. The number of nitrogen functional groups attached to an aromatic ring is 1. The highest BCUT2D eigenvalue weighted by Crippen LogP contribution is 2.35. The molecule has 6 heteroatoms. The number of aryl methyl sites for hydroxylation is 1. The summed E-state index contributed by atoms with van der Waals surface area (Å²) < 4.78 is 1.17. The summed E-state index contributed by atoms with van der Waals surface area (Å²) in [7, 11) is 0. The number of fused-ring (bicyclic) bond motifs is 1. The average molecular weight is 337 g/mol. The molecule has 4 nitrogen and oxygen atoms in total. The van der Waals surface area contributed by atoms with E-state index < -0.39 is 0 Å². The molecule has 0 spiro atoms. The first-order valence-corrected chi connectivity index (χ1v) is 7.98. The fourth-order valence-corrected chi connectivity index (χ4v) is 3.36. The van der Waals surface area contributed by atoms with Gasteiger partial charge in [-0.05, 0) is 25.0 Å². The number of benzene rings is 1. The average Bonchev–Trinajstić information content (AvgIpc) is 2.99. The van der Waals surface area contributed by atoms with Crippen molar-refractivity contribution in [1.29, 1.82) is 0 Å². The van der Waals surface area contributed by atoms with E-state index in [1.165, 1.54) is 4.70 Å². The van der Waals surface area contributed by atoms with Gasteiger partial charge >= 0.3 is 0 Å². The zero-order valence-corrected chi connectivity index (χ0v) is 12.6. The number of hydrogen-bond acceptors (Lipinski definition) is 4. The molecule has 0 fully saturated rings. The summed E-state index contributed by atoms with van der Waals surface area (Å²) in [6.45, 7) is 0. The molecule has 0 aliphatic carbocycles. The summed E-state index contributed by atoms with van der Waals surface area (Å²) in [6, 6.07) is 8.11. The van der Waals surface area contributed by atoms with Crippen LogP contribution in [0.3, 0.4) is 0 Å². The van der Waals surface area contributed by atoms with Gasteiger partial charge in [-0.1, -0.05) is 28.1 Å². The van der Waals surface area contributed by atoms with Gasteiger partial charge in [0, 0.05) is 5.33 Å². The Morgan fingerprint density at radius 2 is 2.16 bits per heavy atom. The van der Waals surface area contributed by atoms with Crippen molar-refractivity contribution in [3.63, 3.8) is 0 Å². The van der Waals surface area contributed by atoms with Gasteiger partial charge in [-0.2, -0.15) is 5.10 Å². The SMILES string of the molecule is Nc1[nH]nc(CCCBr)c1-c1nc2ccccc2s1. The smallest absolute Gasteiger partial charge is 0.130 e. The minimum Gasteiger partial charge on any atom is -0.383 e. The molecule has 0 atom stereocenters. The molecule has 2 heterocycles. The van der Waals surface area contributed by atoms with E-state index in [-0.39, 0.29) is 0 Å². The monoisotopic (exact) mass is 336 g/mol. The number of H-pyrrole nitrogens is 1. The van der Waals surface area contributed by atoms with E-state index in [2.05, 4.69) is 37.2 Å². The van der Waals surface area contributed by atoms with E-state index in [1.54, 1.807) is 11.3 Å². The molecule has 0 amide bonds. The maximum atomic E-state index is 6.00. The summed E-state index contributed by atoms with van der Waals surface area (Å²) in [4.78, 5) is 4.65. The second-order valence-corrected chi connectivity index (χ2v) is 6.06. The summed E-state index contributed by atoms with van der Waals surface area (Å²) in [6.07, 6.45) is 1.92. The number of nitrogens with two attached hydrogens (primary N) is 1. The van der Waals surface area contributed by atoms with Gasteiger partial charge in [0.05, 0.1) is 21.5 Å². The first kappa shape index (κ1) is 12.6. The Bertz CT molecular complexity index is 671. The highest BCUT2D eigenvalue weighted by molar-refractivity contribution is 9.09. The minimum absolute atomic E-state index is 0.601. The van der Waals surface area contributed by atoms with Crippen molar-refractivity contribution in [1.82, 2.24) is 15.2 Å². The second kappa shape index (κ2) is 5.30. The first-order chi connectivity index (χ1) is 9.29. The minimum atomic E-state index is 0.601. The van der Waals surface area contributed by atoms with Crippen LogP contribution in [0.15, 0.2) is 24.3 Å². The van der Waals surface area contributed by atoms with E-state index >= 15 is 0 Å². The molecule has 3 N–H and O–H groups in total. The third-order valence-corrected chi connectivity index (χ3v) is 4.54. The summed E-state index contributed by atoms with van der Waals surface area (Å²) in [5, 5.41) is 9.06. The van der Waals surface area contributed by atoms with Gasteiger partial charge in [0.1, 0.15) is 10.8 Å². The van der Waals surface area contributed by atoms with Gasteiger partial charge in [-0.15, -0.1) is 11.3 Å². The van der Waals surface area contributed by atoms with Crippen LogP contribution in [0.2, 0.25) is 0 Å². The fraction of sp³-hybridized carbons (Fsp3) is 0.231. The molecule has 3 aromatic rings. The van der Waals surface area contributed by atoms with E-state index in [0.717, 1.165) is 40.0 Å². The third-order valence-electron chi connectivity index (χ3n) is 2.92. The van der Waals surface area contributed by atoms with Crippen molar-refractivity contribution in [2.45, 2.75) is 12.8 Å². The molecule has 0 aliphatic heterocycles. The van der Waals surface area contributed by atoms with Crippen molar-refractivity contribution in [3.05, 3.63) is 30.0 Å². The van der Waals surface area contributed by atoms with E-state index in [9.17, 15) is 0 Å². The Morgan fingerprint density at radius 3 is 2.95 bits per heavy atom. The molecule has 1 aromatic carbocycles. The van der Waals surface area contributed by atoms with Crippen molar-refractivity contribution >= 4 is 43.3 Å². The molecule has 0 unspecified atom stereocenters. The number of alkyl halides is 1. The van der Waals surface area contributed by atoms with E-state index in [0.29, 0.717) is 5.82 Å². The summed E-state index contributed by atoms with van der Waals surface area (Å²) in [5.74, 6) is 0.601. The number of para-hydroxylation sites is 1. The van der Waals surface area contributed by atoms with Crippen LogP contribution >= 0.6 is 27.3 Å². The molecule has 0 saturated carbocycles. The summed E-state index contributed by atoms with van der Waals surface area (Å²) >= 11 is 5.09. The first-order valence-electron chi connectivity index (χ1n) is 6.04. The molecule has 0 saturated heterocycles. The van der Waals surface area contributed by atoms with Gasteiger partial charge in [-0.3, -0.25) is 5.10 Å². The van der Waals surface area contributed by atoms with Gasteiger partial charge in [0.2, 0.25) is 0 Å². The highest BCUT2D eigenvalue weighted by atomic mass is 79.9. The van der Waals surface area contributed by atoms with Crippen molar-refractivity contribution in [3.8, 4) is 10.6 Å². The van der Waals surface area contributed by atoms with Crippen LogP contribution in [0.5, 0.6) is 0 Å². The lowest BCUT2D eigenvalue weighted by atomic mass is 10.1. The van der Waals surface area contributed by atoms with Crippen molar-refractivity contribution in [2.75, 3.05) is 11.1 Å². The predicted octanol–water partition coefficient (Wildman–Crippen LogP) is 3.60. The van der Waals surface area contributed by atoms with Crippen LogP contribution in [-0.4, -0.2) is 20.5 Å². The topological polar surface area (TPSA) is 67.6 Å².